The lowest BCUT2D eigenvalue weighted by molar-refractivity contribution is -0.123. The number of phenols is 1. The molecule has 5 rings (SSSR count). The Hall–Kier alpha value is -5.86. The Bertz CT molecular complexity index is 2080. The van der Waals surface area contributed by atoms with Crippen LogP contribution in [0.25, 0.3) is 10.4 Å². The Morgan fingerprint density at radius 3 is 2.50 bits per heavy atom. The van der Waals surface area contributed by atoms with E-state index in [0.717, 1.165) is 57.8 Å². The van der Waals surface area contributed by atoms with Gasteiger partial charge < -0.3 is 36.4 Å². The number of ketones is 1. The van der Waals surface area contributed by atoms with Gasteiger partial charge >= 0.3 is 0 Å². The number of carbonyl (C=O) groups excluding carboxylic acids is 5. The molecule has 294 valence electrons. The van der Waals surface area contributed by atoms with E-state index in [2.05, 4.69) is 33.1 Å². The van der Waals surface area contributed by atoms with E-state index < -0.39 is 23.3 Å². The van der Waals surface area contributed by atoms with Crippen LogP contribution in [0.2, 0.25) is 0 Å². The van der Waals surface area contributed by atoms with E-state index in [9.17, 15) is 29.1 Å². The molecule has 14 heteroatoms. The molecule has 0 fully saturated rings. The van der Waals surface area contributed by atoms with Gasteiger partial charge in [0.05, 0.1) is 40.9 Å². The summed E-state index contributed by atoms with van der Waals surface area (Å²) in [5.41, 5.74) is 12.9. The van der Waals surface area contributed by atoms with Crippen molar-refractivity contribution in [2.75, 3.05) is 39.9 Å². The molecular formula is C42H48N6O7S. The van der Waals surface area contributed by atoms with Gasteiger partial charge in [-0.25, -0.2) is 4.98 Å². The lowest BCUT2D eigenvalue weighted by Crippen LogP contribution is -2.36. The average Bonchev–Trinajstić information content (AvgIpc) is 3.81. The molecule has 1 aliphatic carbocycles. The van der Waals surface area contributed by atoms with E-state index in [4.69, 9.17) is 10.5 Å². The number of allylic oxidation sites excluding steroid dienone is 1. The number of fused-ring (bicyclic) bond motifs is 1. The molecule has 6 N–H and O–H groups in total. The van der Waals surface area contributed by atoms with Crippen molar-refractivity contribution in [3.05, 3.63) is 118 Å². The predicted octanol–water partition coefficient (Wildman–Crippen LogP) is 4.56. The second-order valence-corrected chi connectivity index (χ2v) is 14.6. The first-order valence-electron chi connectivity index (χ1n) is 18.5. The zero-order chi connectivity index (χ0) is 40.2. The number of amides is 4. The van der Waals surface area contributed by atoms with Crippen LogP contribution in [0.3, 0.4) is 0 Å². The number of hydrogen-bond acceptors (Lipinski definition) is 10. The molecular weight excluding hydrogens is 733 g/mol. The van der Waals surface area contributed by atoms with Crippen LogP contribution in [0.4, 0.5) is 0 Å². The number of ether oxygens (including phenoxy) is 1. The number of rotatable bonds is 18. The maximum atomic E-state index is 13.0. The molecule has 0 aliphatic heterocycles. The Labute approximate surface area is 330 Å². The van der Waals surface area contributed by atoms with Crippen molar-refractivity contribution in [2.24, 2.45) is 5.73 Å². The quantitative estimate of drug-likeness (QED) is 0.0547. The van der Waals surface area contributed by atoms with Gasteiger partial charge in [-0.1, -0.05) is 55.5 Å². The van der Waals surface area contributed by atoms with Crippen molar-refractivity contribution in [3.8, 4) is 16.2 Å². The van der Waals surface area contributed by atoms with Crippen LogP contribution in [-0.2, 0) is 25.5 Å². The first kappa shape index (κ1) is 41.3. The number of aryl methyl sites for hydroxylation is 2. The van der Waals surface area contributed by atoms with E-state index >= 15 is 0 Å². The number of benzene rings is 3. The van der Waals surface area contributed by atoms with Crippen LogP contribution in [0.15, 0.2) is 84.0 Å². The van der Waals surface area contributed by atoms with Gasteiger partial charge in [0.15, 0.2) is 5.78 Å². The zero-order valence-corrected chi connectivity index (χ0v) is 32.6. The summed E-state index contributed by atoms with van der Waals surface area (Å²) in [5, 5.41) is 19.0. The van der Waals surface area contributed by atoms with Gasteiger partial charge in [0.1, 0.15) is 11.4 Å². The summed E-state index contributed by atoms with van der Waals surface area (Å²) >= 11 is 1.61. The van der Waals surface area contributed by atoms with Crippen molar-refractivity contribution in [1.29, 1.82) is 0 Å². The minimum Gasteiger partial charge on any atom is -0.507 e. The van der Waals surface area contributed by atoms with Crippen LogP contribution in [0.5, 0.6) is 5.75 Å². The molecule has 1 aromatic heterocycles. The SMILES string of the molecule is Cc1ncsc1-c1ccc([C@@H](C)CC(=O)NCCOCCC(=O)NCCN(C)C(=O)c2ccc(C(=O)C=C(N)C(=O)NC3CCc4ccccc43)cc2O)cc1. The fourth-order valence-electron chi connectivity index (χ4n) is 6.40. The van der Waals surface area contributed by atoms with Crippen molar-refractivity contribution < 1.29 is 33.8 Å². The van der Waals surface area contributed by atoms with Crippen LogP contribution in [0.1, 0.15) is 81.2 Å². The topological polar surface area (TPSA) is 193 Å². The number of nitrogens with one attached hydrogen (secondary N) is 3. The Morgan fingerprint density at radius 1 is 1.02 bits per heavy atom. The van der Waals surface area contributed by atoms with E-state index in [1.54, 1.807) is 11.3 Å². The van der Waals surface area contributed by atoms with Gasteiger partial charge in [-0.2, -0.15) is 0 Å². The molecule has 13 nitrogen and oxygen atoms in total. The molecule has 1 unspecified atom stereocenters. The molecule has 1 aliphatic rings. The standard InChI is InChI=1S/C42H48N6O7S/c1-26(28-8-10-30(11-9-28)40-27(2)46-25-56-40)22-39(52)45-18-21-55-20-16-38(51)44-17-19-48(3)42(54)33-14-12-31(23-37(33)50)36(49)24-34(43)41(53)47-35-15-13-29-6-4-5-7-32(29)35/h4-12,14,23-26,35,50H,13,15-22,43H2,1-3H3,(H,44,51)(H,45,52)(H,47,53)/t26-,35?/m0/s1. The van der Waals surface area contributed by atoms with E-state index in [1.807, 2.05) is 55.8 Å². The molecule has 0 spiro atoms. The summed E-state index contributed by atoms with van der Waals surface area (Å²) in [6.07, 6.45) is 3.02. The van der Waals surface area contributed by atoms with Crippen LogP contribution in [-0.4, -0.2) is 84.3 Å². The summed E-state index contributed by atoms with van der Waals surface area (Å²) in [6, 6.07) is 19.7. The lowest BCUT2D eigenvalue weighted by atomic mass is 9.96. The minimum atomic E-state index is -0.602. The van der Waals surface area contributed by atoms with Crippen molar-refractivity contribution in [1.82, 2.24) is 25.8 Å². The number of phenolic OH excluding ortho intramolecular Hbond substituents is 1. The number of nitrogens with zero attached hydrogens (tertiary/aromatic N) is 2. The van der Waals surface area contributed by atoms with Gasteiger partial charge in [-0.05, 0) is 66.1 Å². The normalized spacial score (nSPS) is 14.1. The van der Waals surface area contributed by atoms with Crippen LogP contribution in [0, 0.1) is 6.92 Å². The van der Waals surface area contributed by atoms with E-state index in [-0.39, 0.29) is 73.3 Å². The highest BCUT2D eigenvalue weighted by molar-refractivity contribution is 7.13. The summed E-state index contributed by atoms with van der Waals surface area (Å²) < 4.78 is 5.51. The molecule has 3 aromatic carbocycles. The summed E-state index contributed by atoms with van der Waals surface area (Å²) in [5.74, 6) is -2.39. The van der Waals surface area contributed by atoms with Gasteiger partial charge in [-0.3, -0.25) is 24.0 Å². The van der Waals surface area contributed by atoms with Crippen molar-refractivity contribution in [2.45, 2.75) is 51.5 Å². The lowest BCUT2D eigenvalue weighted by Gasteiger charge is -2.18. The Morgan fingerprint density at radius 2 is 1.77 bits per heavy atom. The Balaban J connectivity index is 0.946. The number of nitrogens with two attached hydrogens (primary N) is 1. The summed E-state index contributed by atoms with van der Waals surface area (Å²) in [4.78, 5) is 70.0. The average molecular weight is 781 g/mol. The number of likely N-dealkylation sites (N-methyl/N-ethyl adjacent to an activating group) is 1. The number of aromatic hydroxyl groups is 1. The minimum absolute atomic E-state index is 0.0311. The smallest absolute Gasteiger partial charge is 0.267 e. The number of carbonyl (C=O) groups is 5. The number of aromatic nitrogens is 1. The highest BCUT2D eigenvalue weighted by atomic mass is 32.1. The molecule has 0 saturated heterocycles. The van der Waals surface area contributed by atoms with Crippen LogP contribution < -0.4 is 21.7 Å². The first-order valence-corrected chi connectivity index (χ1v) is 19.4. The molecule has 0 saturated carbocycles. The maximum absolute atomic E-state index is 13.0. The van der Waals surface area contributed by atoms with Crippen LogP contribution >= 0.6 is 11.3 Å². The monoisotopic (exact) mass is 780 g/mol. The number of hydrogen-bond donors (Lipinski definition) is 5. The molecule has 0 bridgehead atoms. The molecule has 1 heterocycles. The second kappa shape index (κ2) is 19.6. The fourth-order valence-corrected chi connectivity index (χ4v) is 7.21. The van der Waals surface area contributed by atoms with E-state index in [0.29, 0.717) is 13.0 Å². The first-order chi connectivity index (χ1) is 26.9. The van der Waals surface area contributed by atoms with Gasteiger partial charge in [-0.15, -0.1) is 11.3 Å². The molecule has 4 aromatic rings. The maximum Gasteiger partial charge on any atom is 0.267 e. The molecule has 0 radical (unpaired) electrons. The highest BCUT2D eigenvalue weighted by Crippen LogP contribution is 2.31. The summed E-state index contributed by atoms with van der Waals surface area (Å²) in [6.45, 7) is 5.07. The fraction of sp³-hybridized carbons (Fsp3) is 0.333. The third kappa shape index (κ3) is 11.1. The molecule has 56 heavy (non-hydrogen) atoms. The zero-order valence-electron chi connectivity index (χ0n) is 31.8. The summed E-state index contributed by atoms with van der Waals surface area (Å²) in [7, 11) is 1.52. The molecule has 2 atom stereocenters. The van der Waals surface area contributed by atoms with E-state index in [1.165, 1.54) is 24.1 Å². The highest BCUT2D eigenvalue weighted by Gasteiger charge is 2.25. The van der Waals surface area contributed by atoms with Crippen molar-refractivity contribution >= 4 is 40.7 Å². The molecule has 4 amide bonds. The predicted molar refractivity (Wildman–Crippen MR) is 214 cm³/mol. The second-order valence-electron chi connectivity index (χ2n) is 13.7. The third-order valence-corrected chi connectivity index (χ3v) is 10.6. The van der Waals surface area contributed by atoms with Crippen molar-refractivity contribution in [3.63, 3.8) is 0 Å². The largest absolute Gasteiger partial charge is 0.507 e. The third-order valence-electron chi connectivity index (χ3n) is 9.64. The Kier molecular flexibility index (Phi) is 14.5. The number of thiazole rings is 1. The van der Waals surface area contributed by atoms with Gasteiger partial charge in [0.2, 0.25) is 11.8 Å². The van der Waals surface area contributed by atoms with Gasteiger partial charge in [0, 0.05) is 51.2 Å². The van der Waals surface area contributed by atoms with Gasteiger partial charge in [0.25, 0.3) is 11.8 Å².